The molecule has 2 N–H and O–H groups in total. The molecule has 0 bridgehead atoms. The number of nitrogens with zero attached hydrogens (tertiary/aromatic N) is 3. The summed E-state index contributed by atoms with van der Waals surface area (Å²) in [5.41, 5.74) is 0.985. The Labute approximate surface area is 182 Å². The van der Waals surface area contributed by atoms with Gasteiger partial charge in [-0.15, -0.1) is 0 Å². The summed E-state index contributed by atoms with van der Waals surface area (Å²) in [4.78, 5) is 36.3. The van der Waals surface area contributed by atoms with Crippen molar-refractivity contribution < 1.29 is 19.8 Å². The van der Waals surface area contributed by atoms with Gasteiger partial charge in [-0.05, 0) is 44.2 Å². The Kier molecular flexibility index (Phi) is 6.73. The van der Waals surface area contributed by atoms with Gasteiger partial charge in [0, 0.05) is 21.1 Å². The molecule has 170 valence electrons. The van der Waals surface area contributed by atoms with Gasteiger partial charge in [-0.2, -0.15) is 0 Å². The number of para-hydroxylation sites is 1. The van der Waals surface area contributed by atoms with Crippen molar-refractivity contribution in [2.45, 2.75) is 40.5 Å². The molecule has 0 saturated heterocycles. The minimum Gasteiger partial charge on any atom is -0.481 e. The first-order valence-corrected chi connectivity index (χ1v) is 10.2. The molecule has 1 aromatic heterocycles. The first kappa shape index (κ1) is 24.2. The number of hydrogen-bond acceptors (Lipinski definition) is 4. The lowest BCUT2D eigenvalue weighted by Gasteiger charge is -2.36. The van der Waals surface area contributed by atoms with Crippen molar-refractivity contribution in [3.05, 3.63) is 46.4 Å². The van der Waals surface area contributed by atoms with E-state index < -0.39 is 28.7 Å². The van der Waals surface area contributed by atoms with Crippen molar-refractivity contribution in [1.82, 2.24) is 9.36 Å². The first-order valence-electron chi connectivity index (χ1n) is 10.2. The third-order valence-electron chi connectivity index (χ3n) is 6.97. The molecule has 0 radical (unpaired) electrons. The Hall–Kier alpha value is -3.03. The molecule has 1 aliphatic rings. The fourth-order valence-corrected chi connectivity index (χ4v) is 4.38. The minimum absolute atomic E-state index is 0.0150. The van der Waals surface area contributed by atoms with E-state index in [0.717, 1.165) is 17.1 Å². The van der Waals surface area contributed by atoms with Crippen LogP contribution in [-0.4, -0.2) is 45.6 Å². The van der Waals surface area contributed by atoms with Crippen molar-refractivity contribution in [1.29, 1.82) is 0 Å². The molecule has 31 heavy (non-hydrogen) atoms. The van der Waals surface area contributed by atoms with Crippen LogP contribution >= 0.6 is 0 Å². The Morgan fingerprint density at radius 3 is 2.00 bits per heavy atom. The molecule has 1 fully saturated rings. The molecule has 8 nitrogen and oxygen atoms in total. The largest absolute Gasteiger partial charge is 0.481 e. The second kappa shape index (κ2) is 8.61. The summed E-state index contributed by atoms with van der Waals surface area (Å²) >= 11 is 0. The number of hydrogen-bond donors (Lipinski definition) is 2. The molecule has 1 heterocycles. The van der Waals surface area contributed by atoms with E-state index in [1.807, 2.05) is 68.0 Å². The molecule has 3 rings (SSSR count). The van der Waals surface area contributed by atoms with Crippen LogP contribution in [0.3, 0.4) is 0 Å². The van der Waals surface area contributed by atoms with E-state index in [9.17, 15) is 14.4 Å². The van der Waals surface area contributed by atoms with Crippen molar-refractivity contribution in [2.75, 3.05) is 19.0 Å². The summed E-state index contributed by atoms with van der Waals surface area (Å²) in [5.74, 6) is -2.34. The fraction of sp³-hybridized carbons (Fsp3) is 0.522. The quantitative estimate of drug-likeness (QED) is 0.771. The summed E-state index contributed by atoms with van der Waals surface area (Å²) in [7, 11) is 5.68. The van der Waals surface area contributed by atoms with Gasteiger partial charge < -0.3 is 15.1 Å². The number of carboxylic acid groups (broad SMARTS) is 2. The van der Waals surface area contributed by atoms with Gasteiger partial charge in [0.25, 0.3) is 5.56 Å². The lowest BCUT2D eigenvalue weighted by Crippen LogP contribution is -2.42. The molecule has 2 atom stereocenters. The maximum Gasteiger partial charge on any atom is 0.309 e. The topological polar surface area (TPSA) is 105 Å². The summed E-state index contributed by atoms with van der Waals surface area (Å²) in [5, 5.41) is 18.1. The molecule has 0 spiro atoms. The van der Waals surface area contributed by atoms with E-state index >= 15 is 0 Å². The van der Waals surface area contributed by atoms with Crippen LogP contribution in [0.25, 0.3) is 5.69 Å². The highest BCUT2D eigenvalue weighted by Crippen LogP contribution is 2.56. The lowest BCUT2D eigenvalue weighted by atomic mass is 9.66. The maximum absolute atomic E-state index is 12.4. The average molecular weight is 432 g/mol. The smallest absolute Gasteiger partial charge is 0.309 e. The zero-order valence-electron chi connectivity index (χ0n) is 19.3. The van der Waals surface area contributed by atoms with Crippen LogP contribution in [0, 0.1) is 23.7 Å². The Morgan fingerprint density at radius 2 is 1.65 bits per heavy atom. The van der Waals surface area contributed by atoms with E-state index in [2.05, 4.69) is 0 Å². The Balaban J connectivity index is 0.000000225. The molecule has 1 aromatic carbocycles. The monoisotopic (exact) mass is 431 g/mol. The highest BCUT2D eigenvalue weighted by atomic mass is 16.4. The van der Waals surface area contributed by atoms with Gasteiger partial charge in [-0.25, -0.2) is 4.68 Å². The summed E-state index contributed by atoms with van der Waals surface area (Å²) in [6, 6.07) is 9.66. The predicted molar refractivity (Wildman–Crippen MR) is 120 cm³/mol. The molecule has 8 heteroatoms. The van der Waals surface area contributed by atoms with Crippen LogP contribution in [0.2, 0.25) is 0 Å². The van der Waals surface area contributed by atoms with Crippen LogP contribution in [0.15, 0.2) is 35.1 Å². The molecule has 2 aromatic rings. The minimum atomic E-state index is -0.921. The molecule has 0 aliphatic heterocycles. The number of carbonyl (C=O) groups is 2. The Bertz CT molecular complexity index is 1020. The van der Waals surface area contributed by atoms with Crippen LogP contribution in [0.4, 0.5) is 5.69 Å². The third-order valence-corrected chi connectivity index (χ3v) is 6.97. The molecule has 1 aliphatic carbocycles. The van der Waals surface area contributed by atoms with Gasteiger partial charge in [-0.1, -0.05) is 32.0 Å². The highest BCUT2D eigenvalue weighted by molar-refractivity contribution is 5.80. The normalized spacial score (nSPS) is 21.8. The van der Waals surface area contributed by atoms with Crippen LogP contribution in [0.5, 0.6) is 0 Å². The molecule has 0 amide bonds. The summed E-state index contributed by atoms with van der Waals surface area (Å²) < 4.78 is 3.57. The average Bonchev–Trinajstić information content (AvgIpc) is 3.06. The van der Waals surface area contributed by atoms with E-state index in [-0.39, 0.29) is 5.56 Å². The number of rotatable bonds is 4. The zero-order valence-corrected chi connectivity index (χ0v) is 19.3. The van der Waals surface area contributed by atoms with Crippen molar-refractivity contribution >= 4 is 17.6 Å². The summed E-state index contributed by atoms with van der Waals surface area (Å²) in [6.07, 6.45) is 0.886. The fourth-order valence-electron chi connectivity index (χ4n) is 4.38. The van der Waals surface area contributed by atoms with Gasteiger partial charge in [-0.3, -0.25) is 19.1 Å². The molecule has 0 unspecified atom stereocenters. The predicted octanol–water partition coefficient (Wildman–Crippen LogP) is 3.15. The van der Waals surface area contributed by atoms with E-state index in [1.54, 1.807) is 25.5 Å². The van der Waals surface area contributed by atoms with Gasteiger partial charge >= 0.3 is 11.9 Å². The number of benzene rings is 1. The Morgan fingerprint density at radius 1 is 1.10 bits per heavy atom. The standard InChI is InChI=1S/C13H17N3O.C10H16O4/c1-10-12(14(2)3)13(17)16(15(10)4)11-8-6-5-7-9-11;1-9(2)6(7(11)12)4-5-10(9,3)8(13)14/h5-9H,1-4H3;6H,4-5H2,1-3H3,(H,11,12)(H,13,14)/t;6-,10+/m.1/s1. The van der Waals surface area contributed by atoms with Gasteiger partial charge in [0.2, 0.25) is 0 Å². The highest BCUT2D eigenvalue weighted by Gasteiger charge is 2.58. The number of aliphatic carboxylic acids is 2. The molecule has 1 saturated carbocycles. The van der Waals surface area contributed by atoms with Crippen LogP contribution in [0.1, 0.15) is 39.3 Å². The van der Waals surface area contributed by atoms with Crippen LogP contribution in [-0.2, 0) is 16.6 Å². The number of aromatic nitrogens is 2. The number of carboxylic acids is 2. The zero-order chi connectivity index (χ0) is 23.7. The van der Waals surface area contributed by atoms with Crippen LogP contribution < -0.4 is 10.5 Å². The summed E-state index contributed by atoms with van der Waals surface area (Å²) in [6.45, 7) is 7.05. The van der Waals surface area contributed by atoms with E-state index in [0.29, 0.717) is 12.8 Å². The second-order valence-corrected chi connectivity index (χ2v) is 9.09. The SMILES string of the molecule is CC1(C)[C@@H](C(=O)O)CC[C@@]1(C)C(=O)O.Cc1c(N(C)C)c(=O)n(-c2ccccc2)n1C. The van der Waals surface area contributed by atoms with Crippen molar-refractivity contribution in [2.24, 2.45) is 23.8 Å². The van der Waals surface area contributed by atoms with Crippen molar-refractivity contribution in [3.63, 3.8) is 0 Å². The third kappa shape index (κ3) is 4.11. The van der Waals surface area contributed by atoms with Gasteiger partial charge in [0.05, 0.1) is 22.7 Å². The van der Waals surface area contributed by atoms with E-state index in [1.165, 1.54) is 0 Å². The van der Waals surface area contributed by atoms with Crippen molar-refractivity contribution in [3.8, 4) is 5.69 Å². The maximum atomic E-state index is 12.4. The van der Waals surface area contributed by atoms with E-state index in [4.69, 9.17) is 10.2 Å². The number of anilines is 1. The molecular formula is C23H33N3O5. The first-order chi connectivity index (χ1) is 14.3. The second-order valence-electron chi connectivity index (χ2n) is 9.09. The lowest BCUT2D eigenvalue weighted by molar-refractivity contribution is -0.157. The van der Waals surface area contributed by atoms with Gasteiger partial charge in [0.15, 0.2) is 0 Å². The van der Waals surface area contributed by atoms with Gasteiger partial charge in [0.1, 0.15) is 5.69 Å². The molecular weight excluding hydrogens is 398 g/mol.